The Hall–Kier alpha value is -0.0400. The molecule has 74 valence electrons. The highest BCUT2D eigenvalue weighted by molar-refractivity contribution is 4.77. The van der Waals surface area contributed by atoms with Crippen LogP contribution in [0.4, 0.5) is 0 Å². The minimum Gasteiger partial charge on any atom is -0.390 e. The maximum Gasteiger partial charge on any atom is 0.0647 e. The van der Waals surface area contributed by atoms with Crippen LogP contribution in [0.25, 0.3) is 0 Å². The summed E-state index contributed by atoms with van der Waals surface area (Å²) in [5, 5.41) is 10.1. The molecule has 0 fully saturated rings. The fourth-order valence-electron chi connectivity index (χ4n) is 1.69. The smallest absolute Gasteiger partial charge is 0.0647 e. The van der Waals surface area contributed by atoms with E-state index in [4.69, 9.17) is 0 Å². The molecule has 0 heterocycles. The van der Waals surface area contributed by atoms with Gasteiger partial charge in [-0.05, 0) is 25.2 Å². The fourth-order valence-corrected chi connectivity index (χ4v) is 1.69. The standard InChI is InChI=1S/C11H24O/c1-5-7-8-11(12,6-2)9-10(3)4/h10,12H,5-9H2,1-4H3. The zero-order valence-corrected chi connectivity index (χ0v) is 9.06. The second-order valence-corrected chi connectivity index (χ2v) is 4.28. The predicted molar refractivity (Wildman–Crippen MR) is 54.2 cm³/mol. The van der Waals surface area contributed by atoms with Gasteiger partial charge in [0.2, 0.25) is 0 Å². The number of rotatable bonds is 6. The summed E-state index contributed by atoms with van der Waals surface area (Å²) in [6.07, 6.45) is 5.14. The zero-order chi connectivity index (χ0) is 9.61. The van der Waals surface area contributed by atoms with Crippen LogP contribution in [0.1, 0.15) is 59.8 Å². The van der Waals surface area contributed by atoms with Gasteiger partial charge < -0.3 is 5.11 Å². The van der Waals surface area contributed by atoms with Crippen LogP contribution < -0.4 is 0 Å². The van der Waals surface area contributed by atoms with Gasteiger partial charge in [0, 0.05) is 0 Å². The molecule has 0 bridgehead atoms. The Morgan fingerprint density at radius 2 is 1.83 bits per heavy atom. The van der Waals surface area contributed by atoms with Gasteiger partial charge in [-0.25, -0.2) is 0 Å². The lowest BCUT2D eigenvalue weighted by Gasteiger charge is -2.28. The van der Waals surface area contributed by atoms with Crippen molar-refractivity contribution in [3.63, 3.8) is 0 Å². The van der Waals surface area contributed by atoms with Crippen LogP contribution in [0.3, 0.4) is 0 Å². The molecule has 1 N–H and O–H groups in total. The van der Waals surface area contributed by atoms with Gasteiger partial charge in [-0.2, -0.15) is 0 Å². The van der Waals surface area contributed by atoms with Crippen molar-refractivity contribution in [1.29, 1.82) is 0 Å². The van der Waals surface area contributed by atoms with Crippen molar-refractivity contribution in [1.82, 2.24) is 0 Å². The van der Waals surface area contributed by atoms with E-state index in [1.165, 1.54) is 6.42 Å². The van der Waals surface area contributed by atoms with E-state index in [1.54, 1.807) is 0 Å². The lowest BCUT2D eigenvalue weighted by atomic mass is 9.86. The van der Waals surface area contributed by atoms with E-state index in [0.717, 1.165) is 25.7 Å². The van der Waals surface area contributed by atoms with Crippen LogP contribution in [-0.4, -0.2) is 10.7 Å². The van der Waals surface area contributed by atoms with Crippen molar-refractivity contribution >= 4 is 0 Å². The molecule has 0 saturated carbocycles. The molecule has 0 radical (unpaired) electrons. The Labute approximate surface area is 77.2 Å². The van der Waals surface area contributed by atoms with Crippen molar-refractivity contribution in [2.24, 2.45) is 5.92 Å². The third kappa shape index (κ3) is 4.76. The summed E-state index contributed by atoms with van der Waals surface area (Å²) in [5.41, 5.74) is -0.385. The topological polar surface area (TPSA) is 20.2 Å². The van der Waals surface area contributed by atoms with Crippen molar-refractivity contribution in [3.05, 3.63) is 0 Å². The maximum atomic E-state index is 10.1. The summed E-state index contributed by atoms with van der Waals surface area (Å²) in [6.45, 7) is 8.60. The molecule has 0 amide bonds. The normalized spacial score (nSPS) is 16.5. The summed E-state index contributed by atoms with van der Waals surface area (Å²) < 4.78 is 0. The largest absolute Gasteiger partial charge is 0.390 e. The van der Waals surface area contributed by atoms with Gasteiger partial charge in [-0.15, -0.1) is 0 Å². The Bertz CT molecular complexity index is 110. The minimum absolute atomic E-state index is 0.385. The van der Waals surface area contributed by atoms with Crippen LogP contribution in [-0.2, 0) is 0 Å². The molecule has 1 heteroatoms. The second-order valence-electron chi connectivity index (χ2n) is 4.28. The van der Waals surface area contributed by atoms with E-state index in [-0.39, 0.29) is 5.60 Å². The van der Waals surface area contributed by atoms with Gasteiger partial charge >= 0.3 is 0 Å². The second kappa shape index (κ2) is 5.58. The van der Waals surface area contributed by atoms with Crippen molar-refractivity contribution in [2.45, 2.75) is 65.4 Å². The van der Waals surface area contributed by atoms with Gasteiger partial charge in [-0.3, -0.25) is 0 Å². The number of hydrogen-bond donors (Lipinski definition) is 1. The number of hydrogen-bond acceptors (Lipinski definition) is 1. The first-order valence-electron chi connectivity index (χ1n) is 5.26. The van der Waals surface area contributed by atoms with E-state index >= 15 is 0 Å². The highest BCUT2D eigenvalue weighted by Gasteiger charge is 2.24. The molecule has 0 aliphatic heterocycles. The third-order valence-corrected chi connectivity index (χ3v) is 2.44. The van der Waals surface area contributed by atoms with E-state index in [1.807, 2.05) is 0 Å². The van der Waals surface area contributed by atoms with E-state index in [9.17, 15) is 5.11 Å². The first kappa shape index (κ1) is 12.0. The number of unbranched alkanes of at least 4 members (excludes halogenated alkanes) is 1. The van der Waals surface area contributed by atoms with Crippen LogP contribution in [0.5, 0.6) is 0 Å². The van der Waals surface area contributed by atoms with Crippen molar-refractivity contribution < 1.29 is 5.11 Å². The van der Waals surface area contributed by atoms with Gasteiger partial charge in [0.05, 0.1) is 5.60 Å². The number of aliphatic hydroxyl groups is 1. The first-order chi connectivity index (χ1) is 5.54. The summed E-state index contributed by atoms with van der Waals surface area (Å²) in [6, 6.07) is 0. The molecule has 1 atom stereocenters. The van der Waals surface area contributed by atoms with Gasteiger partial charge in [0.25, 0.3) is 0 Å². The minimum atomic E-state index is -0.385. The summed E-state index contributed by atoms with van der Waals surface area (Å²) in [5.74, 6) is 0.604. The molecule has 1 unspecified atom stereocenters. The molecule has 0 saturated heterocycles. The van der Waals surface area contributed by atoms with Gasteiger partial charge in [0.15, 0.2) is 0 Å². The molecular formula is C11H24O. The summed E-state index contributed by atoms with van der Waals surface area (Å²) in [7, 11) is 0. The van der Waals surface area contributed by atoms with E-state index in [2.05, 4.69) is 27.7 Å². The quantitative estimate of drug-likeness (QED) is 0.651. The Morgan fingerprint density at radius 1 is 1.25 bits per heavy atom. The highest BCUT2D eigenvalue weighted by atomic mass is 16.3. The summed E-state index contributed by atoms with van der Waals surface area (Å²) in [4.78, 5) is 0. The average Bonchev–Trinajstić information content (AvgIpc) is 2.00. The van der Waals surface area contributed by atoms with Crippen molar-refractivity contribution in [2.75, 3.05) is 0 Å². The molecule has 0 rings (SSSR count). The van der Waals surface area contributed by atoms with Crippen LogP contribution >= 0.6 is 0 Å². The lowest BCUT2D eigenvalue weighted by Crippen LogP contribution is -2.29. The molecule has 0 aromatic rings. The molecule has 0 aliphatic rings. The SMILES string of the molecule is CCCCC(O)(CC)CC(C)C. The zero-order valence-electron chi connectivity index (χ0n) is 9.06. The molecule has 0 aliphatic carbocycles. The Morgan fingerprint density at radius 3 is 2.17 bits per heavy atom. The molecule has 0 spiro atoms. The Kier molecular flexibility index (Phi) is 5.56. The highest BCUT2D eigenvalue weighted by Crippen LogP contribution is 2.26. The Balaban J connectivity index is 3.86. The summed E-state index contributed by atoms with van der Waals surface area (Å²) >= 11 is 0. The van der Waals surface area contributed by atoms with Crippen LogP contribution in [0, 0.1) is 5.92 Å². The molecular weight excluding hydrogens is 148 g/mol. The lowest BCUT2D eigenvalue weighted by molar-refractivity contribution is 0.00572. The van der Waals surface area contributed by atoms with Crippen LogP contribution in [0.2, 0.25) is 0 Å². The molecule has 1 nitrogen and oxygen atoms in total. The van der Waals surface area contributed by atoms with Crippen LogP contribution in [0.15, 0.2) is 0 Å². The van der Waals surface area contributed by atoms with E-state index in [0.29, 0.717) is 5.92 Å². The monoisotopic (exact) mass is 172 g/mol. The molecule has 0 aromatic heterocycles. The third-order valence-electron chi connectivity index (χ3n) is 2.44. The van der Waals surface area contributed by atoms with Gasteiger partial charge in [-0.1, -0.05) is 40.5 Å². The molecule has 12 heavy (non-hydrogen) atoms. The van der Waals surface area contributed by atoms with Gasteiger partial charge in [0.1, 0.15) is 0 Å². The maximum absolute atomic E-state index is 10.1. The fraction of sp³-hybridized carbons (Fsp3) is 1.00. The molecule has 0 aromatic carbocycles. The van der Waals surface area contributed by atoms with E-state index < -0.39 is 0 Å². The predicted octanol–water partition coefficient (Wildman–Crippen LogP) is 3.36. The van der Waals surface area contributed by atoms with Crippen molar-refractivity contribution in [3.8, 4) is 0 Å². The first-order valence-corrected chi connectivity index (χ1v) is 5.26. The average molecular weight is 172 g/mol.